The van der Waals surface area contributed by atoms with E-state index in [9.17, 15) is 0 Å². The summed E-state index contributed by atoms with van der Waals surface area (Å²) in [4.78, 5) is 4.69. The van der Waals surface area contributed by atoms with Crippen LogP contribution in [0.1, 0.15) is 5.56 Å². The van der Waals surface area contributed by atoms with Crippen LogP contribution in [-0.4, -0.2) is 0 Å². The van der Waals surface area contributed by atoms with E-state index in [-0.39, 0.29) is 0 Å². The molecule has 2 aromatic carbocycles. The number of hydrogen-bond donors (Lipinski definition) is 0. The summed E-state index contributed by atoms with van der Waals surface area (Å²) >= 11 is 0. The van der Waals surface area contributed by atoms with E-state index < -0.39 is 0 Å². The van der Waals surface area contributed by atoms with Gasteiger partial charge in [-0.15, -0.1) is 0 Å². The highest BCUT2D eigenvalue weighted by molar-refractivity contribution is 5.79. The Morgan fingerprint density at radius 1 is 1.00 bits per heavy atom. The van der Waals surface area contributed by atoms with Gasteiger partial charge in [-0.1, -0.05) is 36.4 Å². The lowest BCUT2D eigenvalue weighted by molar-refractivity contribution is 1.20. The zero-order valence-electron chi connectivity index (χ0n) is 9.35. The molecule has 0 saturated carbocycles. The van der Waals surface area contributed by atoms with Crippen molar-refractivity contribution in [1.29, 1.82) is 0 Å². The SMILES string of the molecule is C1=CCc2cc3c(cc2=C1)-c1ccccc1N=3. The number of fused-ring (bicyclic) bond motifs is 4. The molecule has 0 saturated heterocycles. The fourth-order valence-electron chi connectivity index (χ4n) is 2.58. The van der Waals surface area contributed by atoms with Crippen molar-refractivity contribution >= 4 is 11.8 Å². The third-order valence-electron chi connectivity index (χ3n) is 3.44. The Balaban J connectivity index is 2.10. The third-order valence-corrected chi connectivity index (χ3v) is 3.44. The Bertz CT molecular complexity index is 767. The molecule has 0 spiro atoms. The largest absolute Gasteiger partial charge is 0.248 e. The Morgan fingerprint density at radius 3 is 2.94 bits per heavy atom. The van der Waals surface area contributed by atoms with Crippen LogP contribution in [0.15, 0.2) is 53.5 Å². The van der Waals surface area contributed by atoms with Crippen molar-refractivity contribution in [3.63, 3.8) is 0 Å². The molecule has 0 aromatic heterocycles. The number of allylic oxidation sites excluding steroid dienone is 2. The highest BCUT2D eigenvalue weighted by Crippen LogP contribution is 2.31. The van der Waals surface area contributed by atoms with Gasteiger partial charge in [0.05, 0.1) is 11.0 Å². The van der Waals surface area contributed by atoms with E-state index in [1.165, 1.54) is 21.9 Å². The molecule has 0 radical (unpaired) electrons. The van der Waals surface area contributed by atoms with Gasteiger partial charge in [0.15, 0.2) is 0 Å². The second-order valence-electron chi connectivity index (χ2n) is 4.50. The average molecular weight is 217 g/mol. The first-order chi connectivity index (χ1) is 8.42. The van der Waals surface area contributed by atoms with E-state index in [0.717, 1.165) is 17.5 Å². The van der Waals surface area contributed by atoms with Crippen molar-refractivity contribution in [2.75, 3.05) is 0 Å². The van der Waals surface area contributed by atoms with Crippen molar-refractivity contribution in [3.8, 4) is 11.1 Å². The molecule has 1 aliphatic heterocycles. The van der Waals surface area contributed by atoms with E-state index >= 15 is 0 Å². The number of rotatable bonds is 0. The molecule has 1 heteroatoms. The molecule has 0 bridgehead atoms. The van der Waals surface area contributed by atoms with Gasteiger partial charge in [0, 0.05) is 11.1 Å². The first-order valence-electron chi connectivity index (χ1n) is 5.90. The van der Waals surface area contributed by atoms with Gasteiger partial charge in [0.2, 0.25) is 0 Å². The minimum absolute atomic E-state index is 1.02. The van der Waals surface area contributed by atoms with Crippen LogP contribution in [0.4, 0.5) is 5.69 Å². The predicted molar refractivity (Wildman–Crippen MR) is 69.6 cm³/mol. The van der Waals surface area contributed by atoms with E-state index in [2.05, 4.69) is 53.6 Å². The van der Waals surface area contributed by atoms with Crippen LogP contribution in [0.25, 0.3) is 17.2 Å². The molecule has 0 amide bonds. The highest BCUT2D eigenvalue weighted by Gasteiger charge is 2.13. The summed E-state index contributed by atoms with van der Waals surface area (Å²) in [5, 5.41) is 2.45. The van der Waals surface area contributed by atoms with Gasteiger partial charge in [-0.25, -0.2) is 4.99 Å². The zero-order valence-corrected chi connectivity index (χ0v) is 9.35. The predicted octanol–water partition coefficient (Wildman–Crippen LogP) is 2.51. The number of hydrogen-bond acceptors (Lipinski definition) is 1. The van der Waals surface area contributed by atoms with Crippen molar-refractivity contribution in [2.24, 2.45) is 4.99 Å². The maximum Gasteiger partial charge on any atom is 0.0719 e. The fourth-order valence-corrected chi connectivity index (χ4v) is 2.58. The van der Waals surface area contributed by atoms with Crippen LogP contribution in [0, 0.1) is 0 Å². The zero-order chi connectivity index (χ0) is 11.2. The number of benzene rings is 2. The Kier molecular flexibility index (Phi) is 1.67. The monoisotopic (exact) mass is 217 g/mol. The van der Waals surface area contributed by atoms with E-state index in [1.807, 2.05) is 6.07 Å². The van der Waals surface area contributed by atoms with Crippen molar-refractivity contribution in [3.05, 3.63) is 64.7 Å². The van der Waals surface area contributed by atoms with Crippen LogP contribution in [0.2, 0.25) is 0 Å². The van der Waals surface area contributed by atoms with Gasteiger partial charge in [0.1, 0.15) is 0 Å². The lowest BCUT2D eigenvalue weighted by Gasteiger charge is -2.05. The lowest BCUT2D eigenvalue weighted by Crippen LogP contribution is -2.17. The minimum atomic E-state index is 1.02. The van der Waals surface area contributed by atoms with Crippen molar-refractivity contribution in [2.45, 2.75) is 6.42 Å². The third kappa shape index (κ3) is 1.22. The second-order valence-corrected chi connectivity index (χ2v) is 4.50. The Hall–Kier alpha value is -2.15. The quantitative estimate of drug-likeness (QED) is 0.548. The standard InChI is InChI=1S/C16H11N/c1-2-6-12-10-16-14(9-11(12)5-1)13-7-3-4-8-15(13)17-16/h1-5,7-10H,6H2. The van der Waals surface area contributed by atoms with Crippen LogP contribution in [0.3, 0.4) is 0 Å². The second kappa shape index (κ2) is 3.17. The molecule has 80 valence electrons. The highest BCUT2D eigenvalue weighted by atomic mass is 14.8. The van der Waals surface area contributed by atoms with Gasteiger partial charge in [-0.2, -0.15) is 0 Å². The van der Waals surface area contributed by atoms with Crippen molar-refractivity contribution in [1.82, 2.24) is 0 Å². The summed E-state index contributed by atoms with van der Waals surface area (Å²) < 4.78 is 0. The molecule has 2 aromatic rings. The van der Waals surface area contributed by atoms with Crippen LogP contribution in [0.5, 0.6) is 0 Å². The molecule has 4 rings (SSSR count). The maximum absolute atomic E-state index is 4.69. The van der Waals surface area contributed by atoms with Gasteiger partial charge >= 0.3 is 0 Å². The van der Waals surface area contributed by atoms with E-state index in [0.29, 0.717) is 0 Å². The normalized spacial score (nSPS) is 14.4. The van der Waals surface area contributed by atoms with Gasteiger partial charge < -0.3 is 0 Å². The molecule has 1 nitrogen and oxygen atoms in total. The van der Waals surface area contributed by atoms with Gasteiger partial charge in [-0.05, 0) is 35.4 Å². The molecule has 0 unspecified atom stereocenters. The summed E-state index contributed by atoms with van der Waals surface area (Å²) in [6.07, 6.45) is 7.52. The fraction of sp³-hybridized carbons (Fsp3) is 0.0625. The maximum atomic E-state index is 4.69. The molecule has 0 fully saturated rings. The molecule has 2 aliphatic rings. The summed E-state index contributed by atoms with van der Waals surface area (Å²) in [5.41, 5.74) is 5.00. The van der Waals surface area contributed by atoms with E-state index in [4.69, 9.17) is 0 Å². The summed E-state index contributed by atoms with van der Waals surface area (Å²) in [6, 6.07) is 12.8. The molecule has 17 heavy (non-hydrogen) atoms. The summed E-state index contributed by atoms with van der Waals surface area (Å²) in [6.45, 7) is 0. The molecule has 1 heterocycles. The van der Waals surface area contributed by atoms with E-state index in [1.54, 1.807) is 0 Å². The molecular formula is C16H11N. The lowest BCUT2D eigenvalue weighted by atomic mass is 9.98. The van der Waals surface area contributed by atoms with Crippen LogP contribution in [-0.2, 0) is 6.42 Å². The molecule has 1 aliphatic carbocycles. The number of nitrogens with zero attached hydrogens (tertiary/aromatic N) is 1. The van der Waals surface area contributed by atoms with Crippen molar-refractivity contribution < 1.29 is 0 Å². The smallest absolute Gasteiger partial charge is 0.0719 e. The summed E-state index contributed by atoms with van der Waals surface area (Å²) in [5.74, 6) is 0. The molecule has 0 N–H and O–H groups in total. The summed E-state index contributed by atoms with van der Waals surface area (Å²) in [7, 11) is 0. The average Bonchev–Trinajstić information content (AvgIpc) is 2.73. The number of para-hydroxylation sites is 1. The molecular weight excluding hydrogens is 206 g/mol. The van der Waals surface area contributed by atoms with Gasteiger partial charge in [-0.3, -0.25) is 0 Å². The van der Waals surface area contributed by atoms with Crippen LogP contribution < -0.4 is 10.6 Å². The molecule has 0 atom stereocenters. The Morgan fingerprint density at radius 2 is 1.94 bits per heavy atom. The first kappa shape index (κ1) is 8.94. The Labute approximate surface area is 99.5 Å². The van der Waals surface area contributed by atoms with Crippen LogP contribution >= 0.6 is 0 Å². The topological polar surface area (TPSA) is 12.4 Å². The first-order valence-corrected chi connectivity index (χ1v) is 5.90. The minimum Gasteiger partial charge on any atom is -0.248 e. The van der Waals surface area contributed by atoms with Gasteiger partial charge in [0.25, 0.3) is 0 Å².